The Morgan fingerprint density at radius 1 is 1.39 bits per heavy atom. The lowest BCUT2D eigenvalue weighted by Crippen LogP contribution is -2.55. The number of nitrogens with one attached hydrogen (secondary N) is 1. The van der Waals surface area contributed by atoms with Crippen molar-refractivity contribution < 1.29 is 19.8 Å². The van der Waals surface area contributed by atoms with E-state index in [0.717, 1.165) is 19.3 Å². The van der Waals surface area contributed by atoms with Crippen LogP contribution in [0.3, 0.4) is 0 Å². The molecule has 0 radical (unpaired) electrons. The van der Waals surface area contributed by atoms with Gasteiger partial charge in [-0.2, -0.15) is 0 Å². The zero-order valence-corrected chi connectivity index (χ0v) is 10.9. The normalized spacial score (nSPS) is 17.1. The second kappa shape index (κ2) is 6.58. The topological polar surface area (TPSA) is 89.9 Å². The van der Waals surface area contributed by atoms with Gasteiger partial charge in [0, 0.05) is 12.6 Å². The molecule has 1 aliphatic rings. The van der Waals surface area contributed by atoms with Gasteiger partial charge in [0.05, 0.1) is 6.61 Å². The molecule has 3 N–H and O–H groups in total. The molecule has 104 valence electrons. The standard InChI is InChI=1S/C12H22N2O4/c1-8(2)10(11(16)17)13-12(18)14(6-7-15)9-4-3-5-9/h8-10,15H,3-7H2,1-2H3,(H,13,18)(H,16,17)/t10-/m1/s1. The zero-order chi connectivity index (χ0) is 13.7. The van der Waals surface area contributed by atoms with E-state index in [4.69, 9.17) is 10.2 Å². The maximum atomic E-state index is 12.0. The van der Waals surface area contributed by atoms with Gasteiger partial charge in [0.25, 0.3) is 0 Å². The maximum absolute atomic E-state index is 12.0. The van der Waals surface area contributed by atoms with Crippen LogP contribution in [0.15, 0.2) is 0 Å². The quantitative estimate of drug-likeness (QED) is 0.652. The van der Waals surface area contributed by atoms with Crippen molar-refractivity contribution in [2.45, 2.75) is 45.2 Å². The molecule has 0 heterocycles. The molecule has 1 atom stereocenters. The number of carbonyl (C=O) groups excluding carboxylic acids is 1. The van der Waals surface area contributed by atoms with Crippen LogP contribution in [0.4, 0.5) is 4.79 Å². The summed E-state index contributed by atoms with van der Waals surface area (Å²) in [5, 5.41) is 20.5. The van der Waals surface area contributed by atoms with Crippen molar-refractivity contribution in [2.24, 2.45) is 5.92 Å². The number of carboxylic acids is 1. The van der Waals surface area contributed by atoms with Crippen LogP contribution < -0.4 is 5.32 Å². The number of carbonyl (C=O) groups is 2. The van der Waals surface area contributed by atoms with Gasteiger partial charge in [-0.15, -0.1) is 0 Å². The molecule has 0 aromatic carbocycles. The van der Waals surface area contributed by atoms with Crippen molar-refractivity contribution in [1.82, 2.24) is 10.2 Å². The van der Waals surface area contributed by atoms with Crippen LogP contribution in [0, 0.1) is 5.92 Å². The first-order chi connectivity index (χ1) is 8.47. The van der Waals surface area contributed by atoms with E-state index in [0.29, 0.717) is 0 Å². The predicted octanol–water partition coefficient (Wildman–Crippen LogP) is 0.652. The Morgan fingerprint density at radius 2 is 2.00 bits per heavy atom. The number of rotatable bonds is 6. The first-order valence-electron chi connectivity index (χ1n) is 6.38. The van der Waals surface area contributed by atoms with Crippen LogP contribution in [-0.2, 0) is 4.79 Å². The average molecular weight is 258 g/mol. The minimum atomic E-state index is -1.03. The maximum Gasteiger partial charge on any atom is 0.326 e. The SMILES string of the molecule is CC(C)[C@@H](NC(=O)N(CCO)C1CCC1)C(=O)O. The molecular formula is C12H22N2O4. The van der Waals surface area contributed by atoms with E-state index in [1.165, 1.54) is 0 Å². The van der Waals surface area contributed by atoms with Crippen LogP contribution in [-0.4, -0.2) is 52.3 Å². The van der Waals surface area contributed by atoms with E-state index >= 15 is 0 Å². The fraction of sp³-hybridized carbons (Fsp3) is 0.833. The van der Waals surface area contributed by atoms with Crippen molar-refractivity contribution >= 4 is 12.0 Å². The minimum absolute atomic E-state index is 0.108. The van der Waals surface area contributed by atoms with Crippen molar-refractivity contribution in [2.75, 3.05) is 13.2 Å². The van der Waals surface area contributed by atoms with Gasteiger partial charge in [-0.25, -0.2) is 9.59 Å². The van der Waals surface area contributed by atoms with E-state index in [-0.39, 0.29) is 25.1 Å². The van der Waals surface area contributed by atoms with Gasteiger partial charge < -0.3 is 20.4 Å². The first kappa shape index (κ1) is 14.8. The summed E-state index contributed by atoms with van der Waals surface area (Å²) in [6.45, 7) is 3.64. The predicted molar refractivity (Wildman–Crippen MR) is 66.2 cm³/mol. The molecular weight excluding hydrogens is 236 g/mol. The van der Waals surface area contributed by atoms with Crippen LogP contribution in [0.25, 0.3) is 0 Å². The number of aliphatic hydroxyl groups is 1. The molecule has 2 amide bonds. The summed E-state index contributed by atoms with van der Waals surface area (Å²) in [6.07, 6.45) is 2.92. The second-order valence-electron chi connectivity index (χ2n) is 5.01. The molecule has 6 heteroatoms. The monoisotopic (exact) mass is 258 g/mol. The molecule has 0 saturated heterocycles. The highest BCUT2D eigenvalue weighted by atomic mass is 16.4. The molecule has 0 spiro atoms. The highest BCUT2D eigenvalue weighted by Gasteiger charge is 2.31. The lowest BCUT2D eigenvalue weighted by Gasteiger charge is -2.38. The average Bonchev–Trinajstić information content (AvgIpc) is 2.21. The molecule has 1 rings (SSSR count). The number of hydrogen-bond acceptors (Lipinski definition) is 3. The van der Waals surface area contributed by atoms with E-state index in [2.05, 4.69) is 5.32 Å². The Hall–Kier alpha value is -1.30. The van der Waals surface area contributed by atoms with Gasteiger partial charge in [0.15, 0.2) is 0 Å². The highest BCUT2D eigenvalue weighted by molar-refractivity contribution is 5.83. The van der Waals surface area contributed by atoms with Crippen molar-refractivity contribution in [1.29, 1.82) is 0 Å². The highest BCUT2D eigenvalue weighted by Crippen LogP contribution is 2.24. The number of carboxylic acid groups (broad SMARTS) is 1. The molecule has 1 fully saturated rings. The zero-order valence-electron chi connectivity index (χ0n) is 10.9. The summed E-state index contributed by atoms with van der Waals surface area (Å²) in [6, 6.07) is -1.15. The fourth-order valence-corrected chi connectivity index (χ4v) is 1.99. The lowest BCUT2D eigenvalue weighted by molar-refractivity contribution is -0.140. The van der Waals surface area contributed by atoms with Gasteiger partial charge in [-0.1, -0.05) is 13.8 Å². The fourth-order valence-electron chi connectivity index (χ4n) is 1.99. The number of nitrogens with zero attached hydrogens (tertiary/aromatic N) is 1. The first-order valence-corrected chi connectivity index (χ1v) is 6.38. The number of hydrogen-bond donors (Lipinski definition) is 3. The van der Waals surface area contributed by atoms with Gasteiger partial charge in [-0.3, -0.25) is 0 Å². The van der Waals surface area contributed by atoms with Crippen molar-refractivity contribution in [3.05, 3.63) is 0 Å². The lowest BCUT2D eigenvalue weighted by atomic mass is 9.91. The summed E-state index contributed by atoms with van der Waals surface area (Å²) < 4.78 is 0. The van der Waals surface area contributed by atoms with Crippen LogP contribution in [0.5, 0.6) is 0 Å². The van der Waals surface area contributed by atoms with Crippen LogP contribution in [0.1, 0.15) is 33.1 Å². The summed E-state index contributed by atoms with van der Waals surface area (Å²) >= 11 is 0. The van der Waals surface area contributed by atoms with Gasteiger partial charge in [0.1, 0.15) is 6.04 Å². The van der Waals surface area contributed by atoms with Crippen LogP contribution in [0.2, 0.25) is 0 Å². The van der Waals surface area contributed by atoms with Gasteiger partial charge in [0.2, 0.25) is 0 Å². The molecule has 0 aromatic rings. The summed E-state index contributed by atoms with van der Waals surface area (Å²) in [4.78, 5) is 24.6. The third-order valence-corrected chi connectivity index (χ3v) is 3.33. The Bertz CT molecular complexity index is 302. The molecule has 0 aliphatic heterocycles. The minimum Gasteiger partial charge on any atom is -0.480 e. The van der Waals surface area contributed by atoms with E-state index < -0.39 is 18.0 Å². The van der Waals surface area contributed by atoms with Crippen molar-refractivity contribution in [3.63, 3.8) is 0 Å². The van der Waals surface area contributed by atoms with E-state index in [9.17, 15) is 9.59 Å². The molecule has 0 unspecified atom stereocenters. The second-order valence-corrected chi connectivity index (χ2v) is 5.01. The van der Waals surface area contributed by atoms with Gasteiger partial charge >= 0.3 is 12.0 Å². The molecule has 1 saturated carbocycles. The summed E-state index contributed by atoms with van der Waals surface area (Å²) in [5.41, 5.74) is 0. The molecule has 0 aromatic heterocycles. The Labute approximate surface area is 107 Å². The number of aliphatic carboxylic acids is 1. The number of urea groups is 1. The number of amides is 2. The Kier molecular flexibility index (Phi) is 5.40. The number of aliphatic hydroxyl groups excluding tert-OH is 1. The smallest absolute Gasteiger partial charge is 0.326 e. The van der Waals surface area contributed by atoms with Crippen molar-refractivity contribution in [3.8, 4) is 0 Å². The van der Waals surface area contributed by atoms with E-state index in [1.807, 2.05) is 0 Å². The molecule has 6 nitrogen and oxygen atoms in total. The molecule has 18 heavy (non-hydrogen) atoms. The third kappa shape index (κ3) is 3.60. The van der Waals surface area contributed by atoms with Crippen LogP contribution >= 0.6 is 0 Å². The Balaban J connectivity index is 2.61. The molecule has 1 aliphatic carbocycles. The summed E-state index contributed by atoms with van der Waals surface area (Å²) in [5.74, 6) is -1.21. The van der Waals surface area contributed by atoms with E-state index in [1.54, 1.807) is 18.7 Å². The third-order valence-electron chi connectivity index (χ3n) is 3.33. The summed E-state index contributed by atoms with van der Waals surface area (Å²) in [7, 11) is 0. The largest absolute Gasteiger partial charge is 0.480 e. The Morgan fingerprint density at radius 3 is 2.33 bits per heavy atom. The molecule has 0 bridgehead atoms. The van der Waals surface area contributed by atoms with Gasteiger partial charge in [-0.05, 0) is 25.2 Å².